The van der Waals surface area contributed by atoms with Gasteiger partial charge < -0.3 is 14.5 Å². The smallest absolute Gasteiger partial charge is 0.176 e. The molecule has 1 heterocycles. The lowest BCUT2D eigenvalue weighted by molar-refractivity contribution is 0.406. The number of methoxy groups -OCH3 is 1. The minimum absolute atomic E-state index is 0.690. The summed E-state index contributed by atoms with van der Waals surface area (Å²) >= 11 is 0. The van der Waals surface area contributed by atoms with E-state index in [-0.39, 0.29) is 0 Å². The summed E-state index contributed by atoms with van der Waals surface area (Å²) < 4.78 is 11.2. The van der Waals surface area contributed by atoms with Crippen LogP contribution in [0.15, 0.2) is 28.7 Å². The molecule has 1 fully saturated rings. The largest absolute Gasteiger partial charge is 0.493 e. The van der Waals surface area contributed by atoms with Gasteiger partial charge in [0.05, 0.1) is 13.7 Å². The van der Waals surface area contributed by atoms with Crippen molar-refractivity contribution in [2.45, 2.75) is 38.8 Å². The Kier molecular flexibility index (Phi) is 3.47. The molecule has 1 saturated carbocycles. The Bertz CT molecular complexity index is 561. The fourth-order valence-electron chi connectivity index (χ4n) is 2.76. The van der Waals surface area contributed by atoms with Crippen molar-refractivity contribution in [2.24, 2.45) is 5.92 Å². The molecule has 102 valence electrons. The van der Waals surface area contributed by atoms with Gasteiger partial charge in [-0.05, 0) is 30.9 Å². The molecule has 1 aliphatic rings. The average molecular weight is 259 g/mol. The molecule has 3 nitrogen and oxygen atoms in total. The Labute approximate surface area is 113 Å². The van der Waals surface area contributed by atoms with Crippen LogP contribution in [-0.4, -0.2) is 13.2 Å². The van der Waals surface area contributed by atoms with Crippen molar-refractivity contribution < 1.29 is 9.15 Å². The third kappa shape index (κ3) is 2.61. The lowest BCUT2D eigenvalue weighted by Crippen LogP contribution is -2.17. The molecule has 1 N–H and O–H groups in total. The predicted octanol–water partition coefficient (Wildman–Crippen LogP) is 3.72. The van der Waals surface area contributed by atoms with Crippen molar-refractivity contribution in [3.8, 4) is 5.75 Å². The first-order chi connectivity index (χ1) is 9.31. The van der Waals surface area contributed by atoms with Gasteiger partial charge in [-0.2, -0.15) is 0 Å². The van der Waals surface area contributed by atoms with E-state index in [4.69, 9.17) is 9.15 Å². The molecule has 1 aromatic heterocycles. The fourth-order valence-corrected chi connectivity index (χ4v) is 2.76. The highest BCUT2D eigenvalue weighted by Gasteiger charge is 2.35. The van der Waals surface area contributed by atoms with E-state index in [1.165, 1.54) is 19.3 Å². The van der Waals surface area contributed by atoms with Gasteiger partial charge in [0.1, 0.15) is 5.76 Å². The normalized spacial score (nSPS) is 21.8. The fraction of sp³-hybridized carbons (Fsp3) is 0.500. The van der Waals surface area contributed by atoms with Gasteiger partial charge in [-0.1, -0.05) is 25.5 Å². The van der Waals surface area contributed by atoms with E-state index in [0.29, 0.717) is 6.04 Å². The van der Waals surface area contributed by atoms with Crippen molar-refractivity contribution in [1.82, 2.24) is 5.32 Å². The highest BCUT2D eigenvalue weighted by Crippen LogP contribution is 2.35. The maximum atomic E-state index is 5.88. The summed E-state index contributed by atoms with van der Waals surface area (Å²) in [7, 11) is 1.68. The molecular formula is C16H21NO2. The first-order valence-corrected chi connectivity index (χ1v) is 7.10. The van der Waals surface area contributed by atoms with E-state index in [1.54, 1.807) is 7.11 Å². The van der Waals surface area contributed by atoms with Crippen LogP contribution in [0, 0.1) is 5.92 Å². The van der Waals surface area contributed by atoms with Crippen LogP contribution >= 0.6 is 0 Å². The number of furan rings is 1. The Hall–Kier alpha value is -1.48. The highest BCUT2D eigenvalue weighted by atomic mass is 16.5. The summed E-state index contributed by atoms with van der Waals surface area (Å²) in [5, 5.41) is 4.68. The molecule has 0 spiro atoms. The Morgan fingerprint density at radius 2 is 2.32 bits per heavy atom. The number of ether oxygens (including phenoxy) is 1. The van der Waals surface area contributed by atoms with Crippen LogP contribution in [0.3, 0.4) is 0 Å². The lowest BCUT2D eigenvalue weighted by Gasteiger charge is -2.01. The monoisotopic (exact) mass is 259 g/mol. The maximum absolute atomic E-state index is 5.88. The first kappa shape index (κ1) is 12.5. The van der Waals surface area contributed by atoms with Gasteiger partial charge >= 0.3 is 0 Å². The highest BCUT2D eigenvalue weighted by molar-refractivity contribution is 5.83. The third-order valence-electron chi connectivity index (χ3n) is 3.90. The zero-order chi connectivity index (χ0) is 13.2. The van der Waals surface area contributed by atoms with Crippen molar-refractivity contribution in [3.05, 3.63) is 30.0 Å². The first-order valence-electron chi connectivity index (χ1n) is 7.10. The summed E-state index contributed by atoms with van der Waals surface area (Å²) in [6.45, 7) is 3.06. The molecule has 2 atom stereocenters. The van der Waals surface area contributed by atoms with Gasteiger partial charge in [-0.3, -0.25) is 0 Å². The van der Waals surface area contributed by atoms with Gasteiger partial charge in [0.15, 0.2) is 11.3 Å². The number of fused-ring (bicyclic) bond motifs is 1. The minimum atomic E-state index is 0.690. The molecule has 0 amide bonds. The van der Waals surface area contributed by atoms with Crippen LogP contribution < -0.4 is 10.1 Å². The van der Waals surface area contributed by atoms with Crippen molar-refractivity contribution >= 4 is 11.0 Å². The van der Waals surface area contributed by atoms with E-state index in [1.807, 2.05) is 12.1 Å². The van der Waals surface area contributed by atoms with E-state index < -0.39 is 0 Å². The molecule has 3 rings (SSSR count). The van der Waals surface area contributed by atoms with Crippen LogP contribution in [0.2, 0.25) is 0 Å². The van der Waals surface area contributed by atoms with Crippen LogP contribution in [0.5, 0.6) is 5.75 Å². The number of hydrogen-bond donors (Lipinski definition) is 1. The summed E-state index contributed by atoms with van der Waals surface area (Å²) in [6.07, 6.45) is 3.94. The Morgan fingerprint density at radius 3 is 3.11 bits per heavy atom. The number of nitrogens with one attached hydrogen (secondary N) is 1. The lowest BCUT2D eigenvalue weighted by atomic mass is 10.2. The number of rotatable bonds is 6. The number of para-hydroxylation sites is 1. The van der Waals surface area contributed by atoms with Gasteiger partial charge in [0, 0.05) is 11.4 Å². The van der Waals surface area contributed by atoms with Gasteiger partial charge in [0.2, 0.25) is 0 Å². The molecule has 1 aromatic carbocycles. The second-order valence-electron chi connectivity index (χ2n) is 5.36. The summed E-state index contributed by atoms with van der Waals surface area (Å²) in [5.41, 5.74) is 0.850. The Morgan fingerprint density at radius 1 is 1.42 bits per heavy atom. The van der Waals surface area contributed by atoms with Crippen molar-refractivity contribution in [3.63, 3.8) is 0 Å². The molecule has 1 aliphatic carbocycles. The average Bonchev–Trinajstić information content (AvgIpc) is 3.02. The molecule has 2 unspecified atom stereocenters. The zero-order valence-corrected chi connectivity index (χ0v) is 11.6. The van der Waals surface area contributed by atoms with Crippen LogP contribution in [0.1, 0.15) is 31.9 Å². The van der Waals surface area contributed by atoms with E-state index >= 15 is 0 Å². The van der Waals surface area contributed by atoms with Crippen LogP contribution in [0.25, 0.3) is 11.0 Å². The van der Waals surface area contributed by atoms with Crippen molar-refractivity contribution in [2.75, 3.05) is 7.11 Å². The van der Waals surface area contributed by atoms with Gasteiger partial charge in [-0.25, -0.2) is 0 Å². The topological polar surface area (TPSA) is 34.4 Å². The molecule has 2 aromatic rings. The summed E-state index contributed by atoms with van der Waals surface area (Å²) in [6, 6.07) is 8.77. The predicted molar refractivity (Wildman–Crippen MR) is 76.4 cm³/mol. The number of hydrogen-bond acceptors (Lipinski definition) is 3. The third-order valence-corrected chi connectivity index (χ3v) is 3.90. The molecule has 0 bridgehead atoms. The summed E-state index contributed by atoms with van der Waals surface area (Å²) in [4.78, 5) is 0. The van der Waals surface area contributed by atoms with Crippen LogP contribution in [0.4, 0.5) is 0 Å². The molecule has 3 heteroatoms. The molecule has 0 saturated heterocycles. The van der Waals surface area contributed by atoms with E-state index in [2.05, 4.69) is 24.4 Å². The molecule has 0 radical (unpaired) electrons. The molecule has 19 heavy (non-hydrogen) atoms. The van der Waals surface area contributed by atoms with Crippen molar-refractivity contribution in [1.29, 1.82) is 0 Å². The standard InChI is InChI=1S/C16H21NO2/c1-3-5-11-9-14(11)17-10-13-8-12-6-4-7-15(18-2)16(12)19-13/h4,6-8,11,14,17H,3,5,9-10H2,1-2H3. The van der Waals surface area contributed by atoms with E-state index in [0.717, 1.165) is 34.9 Å². The second kappa shape index (κ2) is 5.25. The number of benzene rings is 1. The molecular weight excluding hydrogens is 238 g/mol. The quantitative estimate of drug-likeness (QED) is 0.858. The van der Waals surface area contributed by atoms with E-state index in [9.17, 15) is 0 Å². The summed E-state index contributed by atoms with van der Waals surface area (Å²) in [5.74, 6) is 2.67. The Balaban J connectivity index is 1.66. The zero-order valence-electron chi connectivity index (χ0n) is 11.6. The van der Waals surface area contributed by atoms with Crippen LogP contribution in [-0.2, 0) is 6.54 Å². The van der Waals surface area contributed by atoms with Gasteiger partial charge in [0.25, 0.3) is 0 Å². The molecule has 0 aliphatic heterocycles. The SMILES string of the molecule is CCCC1CC1NCc1cc2cccc(OC)c2o1. The van der Waals surface area contributed by atoms with Gasteiger partial charge in [-0.15, -0.1) is 0 Å². The minimum Gasteiger partial charge on any atom is -0.493 e. The maximum Gasteiger partial charge on any atom is 0.176 e. The second-order valence-corrected chi connectivity index (χ2v) is 5.36.